The maximum absolute atomic E-state index is 13.0. The van der Waals surface area contributed by atoms with Crippen molar-refractivity contribution >= 4 is 11.6 Å². The van der Waals surface area contributed by atoms with Crippen molar-refractivity contribution in [3.8, 4) is 5.75 Å². The minimum atomic E-state index is -0.0698. The zero-order valence-electron chi connectivity index (χ0n) is 15.2. The Morgan fingerprint density at radius 2 is 2.04 bits per heavy atom. The number of aromatic nitrogens is 1. The number of amides is 1. The van der Waals surface area contributed by atoms with Crippen LogP contribution in [0, 0.1) is 12.8 Å². The quantitative estimate of drug-likeness (QED) is 0.835. The highest BCUT2D eigenvalue weighted by Crippen LogP contribution is 2.28. The Kier molecular flexibility index (Phi) is 4.78. The molecule has 1 atom stereocenters. The van der Waals surface area contributed by atoms with Gasteiger partial charge in [0.15, 0.2) is 0 Å². The lowest BCUT2D eigenvalue weighted by molar-refractivity contribution is -0.136. The third-order valence-electron chi connectivity index (χ3n) is 5.28. The Bertz CT molecular complexity index is 792. The Hall–Kier alpha value is -2.56. The molecule has 0 radical (unpaired) electrons. The number of para-hydroxylation sites is 1. The molecule has 136 valence electrons. The largest absolute Gasteiger partial charge is 0.492 e. The number of benzene rings is 1. The molecule has 2 aliphatic rings. The molecule has 1 amide bonds. The minimum Gasteiger partial charge on any atom is -0.492 e. The third kappa shape index (κ3) is 3.52. The third-order valence-corrected chi connectivity index (χ3v) is 5.28. The Balaban J connectivity index is 1.40. The number of rotatable bonds is 2. The standard InChI is InChI=1S/C21H25N3O2/c1-16-13-19(7-8-22-16)23-9-4-10-24(12-11-23)21(25)18-14-17-5-2-3-6-20(17)26-15-18/h2-3,5-8,13,18H,4,9-12,14-15H2,1H3/t18-/m1/s1. The van der Waals surface area contributed by atoms with E-state index in [9.17, 15) is 4.79 Å². The normalized spacial score (nSPS) is 20.1. The lowest BCUT2D eigenvalue weighted by Gasteiger charge is -2.30. The number of carbonyl (C=O) groups excluding carboxylic acids is 1. The first-order chi connectivity index (χ1) is 12.7. The van der Waals surface area contributed by atoms with Crippen LogP contribution in [0.1, 0.15) is 17.7 Å². The summed E-state index contributed by atoms with van der Waals surface area (Å²) in [5.74, 6) is 1.08. The molecule has 0 saturated carbocycles. The number of nitrogens with zero attached hydrogens (tertiary/aromatic N) is 3. The lowest BCUT2D eigenvalue weighted by Crippen LogP contribution is -2.42. The number of anilines is 1. The molecule has 26 heavy (non-hydrogen) atoms. The summed E-state index contributed by atoms with van der Waals surface area (Å²) < 4.78 is 5.82. The van der Waals surface area contributed by atoms with E-state index in [2.05, 4.69) is 28.1 Å². The van der Waals surface area contributed by atoms with Gasteiger partial charge in [-0.15, -0.1) is 0 Å². The van der Waals surface area contributed by atoms with Crippen molar-refractivity contribution in [3.05, 3.63) is 53.9 Å². The van der Waals surface area contributed by atoms with Crippen molar-refractivity contribution in [1.82, 2.24) is 9.88 Å². The van der Waals surface area contributed by atoms with Gasteiger partial charge in [-0.05, 0) is 43.5 Å². The maximum Gasteiger partial charge on any atom is 0.229 e. The van der Waals surface area contributed by atoms with E-state index in [1.807, 2.05) is 36.2 Å². The molecule has 4 rings (SSSR count). The van der Waals surface area contributed by atoms with Gasteiger partial charge < -0.3 is 14.5 Å². The van der Waals surface area contributed by atoms with Crippen LogP contribution >= 0.6 is 0 Å². The fraction of sp³-hybridized carbons (Fsp3) is 0.429. The summed E-state index contributed by atoms with van der Waals surface area (Å²) in [4.78, 5) is 21.7. The summed E-state index contributed by atoms with van der Waals surface area (Å²) >= 11 is 0. The van der Waals surface area contributed by atoms with E-state index < -0.39 is 0 Å². The second-order valence-electron chi connectivity index (χ2n) is 7.14. The molecule has 5 heteroatoms. The highest BCUT2D eigenvalue weighted by molar-refractivity contribution is 5.80. The van der Waals surface area contributed by atoms with Gasteiger partial charge in [-0.2, -0.15) is 0 Å². The molecule has 1 aromatic heterocycles. The fourth-order valence-electron chi connectivity index (χ4n) is 3.87. The smallest absolute Gasteiger partial charge is 0.229 e. The molecule has 3 heterocycles. The van der Waals surface area contributed by atoms with Gasteiger partial charge >= 0.3 is 0 Å². The van der Waals surface area contributed by atoms with Crippen LogP contribution in [-0.2, 0) is 11.2 Å². The fourth-order valence-corrected chi connectivity index (χ4v) is 3.87. The van der Waals surface area contributed by atoms with Crippen LogP contribution in [0.5, 0.6) is 5.75 Å². The summed E-state index contributed by atoms with van der Waals surface area (Å²) in [6.07, 6.45) is 3.62. The van der Waals surface area contributed by atoms with E-state index in [1.165, 1.54) is 5.69 Å². The average molecular weight is 351 g/mol. The Labute approximate surface area is 154 Å². The number of hydrogen-bond acceptors (Lipinski definition) is 4. The van der Waals surface area contributed by atoms with Gasteiger partial charge in [0.2, 0.25) is 5.91 Å². The molecule has 1 aromatic carbocycles. The molecule has 2 aromatic rings. The van der Waals surface area contributed by atoms with Gasteiger partial charge in [0.1, 0.15) is 12.4 Å². The molecular formula is C21H25N3O2. The molecule has 0 spiro atoms. The van der Waals surface area contributed by atoms with E-state index in [0.717, 1.165) is 56.0 Å². The number of pyridine rings is 1. The van der Waals surface area contributed by atoms with Crippen LogP contribution in [0.4, 0.5) is 5.69 Å². The summed E-state index contributed by atoms with van der Waals surface area (Å²) in [6, 6.07) is 12.2. The van der Waals surface area contributed by atoms with Crippen LogP contribution in [0.3, 0.4) is 0 Å². The predicted molar refractivity (Wildman–Crippen MR) is 102 cm³/mol. The predicted octanol–water partition coefficient (Wildman–Crippen LogP) is 2.68. The van der Waals surface area contributed by atoms with Crippen LogP contribution in [0.2, 0.25) is 0 Å². The van der Waals surface area contributed by atoms with E-state index in [4.69, 9.17) is 4.74 Å². The summed E-state index contributed by atoms with van der Waals surface area (Å²) in [5, 5.41) is 0. The SMILES string of the molecule is Cc1cc(N2CCCN(C(=O)[C@H]3COc4ccccc4C3)CC2)ccn1. The van der Waals surface area contributed by atoms with Gasteiger partial charge in [-0.25, -0.2) is 0 Å². The molecule has 1 saturated heterocycles. The first kappa shape index (κ1) is 16.9. The second kappa shape index (κ2) is 7.36. The van der Waals surface area contributed by atoms with Gasteiger partial charge in [-0.3, -0.25) is 9.78 Å². The number of aryl methyl sites for hydroxylation is 1. The second-order valence-corrected chi connectivity index (χ2v) is 7.14. The maximum atomic E-state index is 13.0. The Morgan fingerprint density at radius 1 is 1.15 bits per heavy atom. The van der Waals surface area contributed by atoms with Crippen LogP contribution in [0.15, 0.2) is 42.6 Å². The molecule has 0 unspecified atom stereocenters. The molecule has 0 N–H and O–H groups in total. The number of fused-ring (bicyclic) bond motifs is 1. The van der Waals surface area contributed by atoms with Crippen LogP contribution < -0.4 is 9.64 Å². The van der Waals surface area contributed by atoms with Gasteiger partial charge in [0, 0.05) is 43.8 Å². The molecular weight excluding hydrogens is 326 g/mol. The van der Waals surface area contributed by atoms with Crippen molar-refractivity contribution in [1.29, 1.82) is 0 Å². The molecule has 1 fully saturated rings. The zero-order chi connectivity index (χ0) is 17.9. The van der Waals surface area contributed by atoms with Crippen molar-refractivity contribution in [2.45, 2.75) is 19.8 Å². The van der Waals surface area contributed by atoms with Crippen molar-refractivity contribution < 1.29 is 9.53 Å². The monoisotopic (exact) mass is 351 g/mol. The summed E-state index contributed by atoms with van der Waals surface area (Å²) in [7, 11) is 0. The minimum absolute atomic E-state index is 0.0698. The van der Waals surface area contributed by atoms with Crippen LogP contribution in [-0.4, -0.2) is 48.6 Å². The summed E-state index contributed by atoms with van der Waals surface area (Å²) in [5.41, 5.74) is 3.36. The summed E-state index contributed by atoms with van der Waals surface area (Å²) in [6.45, 7) is 5.91. The molecule has 0 aliphatic carbocycles. The van der Waals surface area contributed by atoms with Gasteiger partial charge in [0.05, 0.1) is 5.92 Å². The molecule has 5 nitrogen and oxygen atoms in total. The number of hydrogen-bond donors (Lipinski definition) is 0. The van der Waals surface area contributed by atoms with Crippen LogP contribution in [0.25, 0.3) is 0 Å². The van der Waals surface area contributed by atoms with Gasteiger partial charge in [-0.1, -0.05) is 18.2 Å². The highest BCUT2D eigenvalue weighted by atomic mass is 16.5. The van der Waals surface area contributed by atoms with E-state index >= 15 is 0 Å². The molecule has 0 bridgehead atoms. The lowest BCUT2D eigenvalue weighted by atomic mass is 9.95. The Morgan fingerprint density at radius 3 is 2.92 bits per heavy atom. The van der Waals surface area contributed by atoms with E-state index in [1.54, 1.807) is 0 Å². The number of carbonyl (C=O) groups is 1. The number of ether oxygens (including phenoxy) is 1. The van der Waals surface area contributed by atoms with Crippen molar-refractivity contribution in [3.63, 3.8) is 0 Å². The first-order valence-corrected chi connectivity index (χ1v) is 9.38. The topological polar surface area (TPSA) is 45.7 Å². The average Bonchev–Trinajstić information content (AvgIpc) is 2.93. The zero-order valence-corrected chi connectivity index (χ0v) is 15.2. The van der Waals surface area contributed by atoms with E-state index in [0.29, 0.717) is 6.61 Å². The van der Waals surface area contributed by atoms with E-state index in [-0.39, 0.29) is 11.8 Å². The van der Waals surface area contributed by atoms with Crippen molar-refractivity contribution in [2.75, 3.05) is 37.7 Å². The highest BCUT2D eigenvalue weighted by Gasteiger charge is 2.30. The molecule has 2 aliphatic heterocycles. The van der Waals surface area contributed by atoms with Crippen molar-refractivity contribution in [2.24, 2.45) is 5.92 Å². The first-order valence-electron chi connectivity index (χ1n) is 9.38. The van der Waals surface area contributed by atoms with Gasteiger partial charge in [0.25, 0.3) is 0 Å².